The Kier molecular flexibility index (Phi) is 1.98. The number of nitrogens with one attached hydrogen (secondary N) is 3. The molecule has 2 rings (SSSR count). The topological polar surface area (TPSA) is 86.7 Å². The summed E-state index contributed by atoms with van der Waals surface area (Å²) in [4.78, 5) is 11.2. The van der Waals surface area contributed by atoms with Crippen LogP contribution in [0.1, 0.15) is 0 Å². The van der Waals surface area contributed by atoms with Gasteiger partial charge in [-0.2, -0.15) is 0 Å². The number of rotatable bonds is 2. The van der Waals surface area contributed by atoms with Gasteiger partial charge < -0.3 is 11.1 Å². The van der Waals surface area contributed by atoms with E-state index in [1.54, 1.807) is 0 Å². The molecule has 0 bridgehead atoms. The van der Waals surface area contributed by atoms with Crippen molar-refractivity contribution in [3.63, 3.8) is 0 Å². The zero-order valence-electron chi connectivity index (χ0n) is 7.37. The van der Waals surface area contributed by atoms with Crippen molar-refractivity contribution >= 4 is 17.2 Å². The molecule has 5 N–H and O–H groups in total. The normalized spacial score (nSPS) is 10.0. The molecule has 0 spiro atoms. The number of aromatic nitrogens is 2. The molecule has 5 nitrogen and oxygen atoms in total. The number of hydrogen-bond acceptors (Lipinski definition) is 3. The van der Waals surface area contributed by atoms with Crippen molar-refractivity contribution in [2.45, 2.75) is 0 Å². The zero-order valence-corrected chi connectivity index (χ0v) is 7.37. The predicted octanol–water partition coefficient (Wildman–Crippen LogP) is 1.03. The number of H-pyrrole nitrogens is 2. The van der Waals surface area contributed by atoms with E-state index in [-0.39, 0.29) is 5.56 Å². The number of nitrogens with two attached hydrogens (primary N) is 1. The van der Waals surface area contributed by atoms with Crippen LogP contribution in [0.3, 0.4) is 0 Å². The van der Waals surface area contributed by atoms with Crippen molar-refractivity contribution in [2.24, 2.45) is 0 Å². The van der Waals surface area contributed by atoms with E-state index in [9.17, 15) is 4.79 Å². The summed E-state index contributed by atoms with van der Waals surface area (Å²) in [5.41, 5.74) is 6.45. The molecule has 0 fully saturated rings. The van der Waals surface area contributed by atoms with Crippen LogP contribution in [0.4, 0.5) is 17.2 Å². The van der Waals surface area contributed by atoms with E-state index in [4.69, 9.17) is 5.73 Å². The van der Waals surface area contributed by atoms with E-state index in [0.717, 1.165) is 5.69 Å². The number of hydrogen-bond donors (Lipinski definition) is 4. The molecule has 72 valence electrons. The van der Waals surface area contributed by atoms with Crippen LogP contribution in [-0.4, -0.2) is 10.2 Å². The summed E-state index contributed by atoms with van der Waals surface area (Å²) >= 11 is 0. The Hall–Kier alpha value is -2.17. The summed E-state index contributed by atoms with van der Waals surface area (Å²) in [6, 6.07) is 9.35. The molecule has 0 aliphatic rings. The second-order valence-corrected chi connectivity index (χ2v) is 2.86. The Morgan fingerprint density at radius 3 is 2.43 bits per heavy atom. The maximum atomic E-state index is 11.2. The van der Waals surface area contributed by atoms with Gasteiger partial charge in [0.2, 0.25) is 0 Å². The molecule has 0 atom stereocenters. The number of benzene rings is 1. The van der Waals surface area contributed by atoms with E-state index in [1.807, 2.05) is 30.3 Å². The highest BCUT2D eigenvalue weighted by atomic mass is 16.1. The van der Waals surface area contributed by atoms with Gasteiger partial charge in [0.25, 0.3) is 5.56 Å². The SMILES string of the molecule is Nc1[nH][nH]c(=O)c1Nc1ccccc1. The van der Waals surface area contributed by atoms with Crippen molar-refractivity contribution in [2.75, 3.05) is 11.1 Å². The maximum absolute atomic E-state index is 11.2. The molecule has 5 heteroatoms. The fourth-order valence-electron chi connectivity index (χ4n) is 1.16. The summed E-state index contributed by atoms with van der Waals surface area (Å²) in [5, 5.41) is 7.84. The van der Waals surface area contributed by atoms with E-state index >= 15 is 0 Å². The van der Waals surface area contributed by atoms with E-state index < -0.39 is 0 Å². The first kappa shape index (κ1) is 8.43. The Labute approximate surface area is 79.9 Å². The average Bonchev–Trinajstić information content (AvgIpc) is 2.51. The van der Waals surface area contributed by atoms with Gasteiger partial charge in [0.05, 0.1) is 0 Å². The van der Waals surface area contributed by atoms with Gasteiger partial charge in [0.1, 0.15) is 11.5 Å². The minimum absolute atomic E-state index is 0.258. The molecule has 0 aliphatic heterocycles. The molecule has 0 saturated carbocycles. The Balaban J connectivity index is 2.32. The second-order valence-electron chi connectivity index (χ2n) is 2.86. The van der Waals surface area contributed by atoms with Crippen LogP contribution in [0.15, 0.2) is 35.1 Å². The highest BCUT2D eigenvalue weighted by Crippen LogP contribution is 2.15. The molecule has 0 radical (unpaired) electrons. The summed E-state index contributed by atoms with van der Waals surface area (Å²) in [6.45, 7) is 0. The smallest absolute Gasteiger partial charge is 0.289 e. The molecule has 0 saturated heterocycles. The maximum Gasteiger partial charge on any atom is 0.289 e. The molecular formula is C9H10N4O. The number of nitrogen functional groups attached to an aromatic ring is 1. The highest BCUT2D eigenvalue weighted by Gasteiger charge is 2.05. The Bertz CT molecular complexity index is 471. The fraction of sp³-hybridized carbons (Fsp3) is 0. The van der Waals surface area contributed by atoms with E-state index in [1.165, 1.54) is 0 Å². The predicted molar refractivity (Wildman–Crippen MR) is 55.6 cm³/mol. The van der Waals surface area contributed by atoms with Crippen LogP contribution in [0.5, 0.6) is 0 Å². The monoisotopic (exact) mass is 190 g/mol. The quantitative estimate of drug-likeness (QED) is 0.570. The molecule has 14 heavy (non-hydrogen) atoms. The van der Waals surface area contributed by atoms with Crippen molar-refractivity contribution in [3.8, 4) is 0 Å². The van der Waals surface area contributed by atoms with Gasteiger partial charge in [-0.15, -0.1) is 0 Å². The standard InChI is InChI=1S/C9H10N4O/c10-8-7(9(14)13-12-8)11-6-4-2-1-3-5-6/h1-5,11H,(H4,10,12,13,14). The lowest BCUT2D eigenvalue weighted by Crippen LogP contribution is -2.06. The first-order chi connectivity index (χ1) is 6.77. The van der Waals surface area contributed by atoms with Crippen molar-refractivity contribution in [1.82, 2.24) is 10.2 Å². The van der Waals surface area contributed by atoms with Gasteiger partial charge in [-0.3, -0.25) is 15.0 Å². The first-order valence-corrected chi connectivity index (χ1v) is 4.15. The average molecular weight is 190 g/mol. The van der Waals surface area contributed by atoms with Gasteiger partial charge in [-0.25, -0.2) is 0 Å². The van der Waals surface area contributed by atoms with Crippen molar-refractivity contribution < 1.29 is 0 Å². The highest BCUT2D eigenvalue weighted by molar-refractivity contribution is 5.68. The van der Waals surface area contributed by atoms with Gasteiger partial charge in [0.15, 0.2) is 0 Å². The summed E-state index contributed by atoms with van der Waals surface area (Å²) in [7, 11) is 0. The van der Waals surface area contributed by atoms with Gasteiger partial charge >= 0.3 is 0 Å². The van der Waals surface area contributed by atoms with E-state index in [2.05, 4.69) is 15.5 Å². The minimum Gasteiger partial charge on any atom is -0.382 e. The lowest BCUT2D eigenvalue weighted by molar-refractivity contribution is 1.06. The van der Waals surface area contributed by atoms with E-state index in [0.29, 0.717) is 11.5 Å². The molecular weight excluding hydrogens is 180 g/mol. The zero-order chi connectivity index (χ0) is 9.97. The van der Waals surface area contributed by atoms with Gasteiger partial charge in [-0.1, -0.05) is 18.2 Å². The number of aromatic amines is 2. The molecule has 0 aliphatic carbocycles. The van der Waals surface area contributed by atoms with Crippen molar-refractivity contribution in [3.05, 3.63) is 40.7 Å². The first-order valence-electron chi connectivity index (χ1n) is 4.15. The van der Waals surface area contributed by atoms with Crippen LogP contribution < -0.4 is 16.6 Å². The van der Waals surface area contributed by atoms with Gasteiger partial charge in [-0.05, 0) is 12.1 Å². The van der Waals surface area contributed by atoms with Crippen LogP contribution in [0.25, 0.3) is 0 Å². The van der Waals surface area contributed by atoms with Crippen LogP contribution in [0.2, 0.25) is 0 Å². The fourth-order valence-corrected chi connectivity index (χ4v) is 1.16. The lowest BCUT2D eigenvalue weighted by atomic mass is 10.3. The third-order valence-electron chi connectivity index (χ3n) is 1.85. The van der Waals surface area contributed by atoms with Crippen LogP contribution >= 0.6 is 0 Å². The van der Waals surface area contributed by atoms with Gasteiger partial charge in [0, 0.05) is 5.69 Å². The van der Waals surface area contributed by atoms with Crippen LogP contribution in [0, 0.1) is 0 Å². The third kappa shape index (κ3) is 1.47. The lowest BCUT2D eigenvalue weighted by Gasteiger charge is -2.02. The minimum atomic E-state index is -0.258. The largest absolute Gasteiger partial charge is 0.382 e. The van der Waals surface area contributed by atoms with Crippen LogP contribution in [-0.2, 0) is 0 Å². The summed E-state index contributed by atoms with van der Waals surface area (Å²) in [6.07, 6.45) is 0. The molecule has 0 amide bonds. The second kappa shape index (κ2) is 3.29. The van der Waals surface area contributed by atoms with Crippen molar-refractivity contribution in [1.29, 1.82) is 0 Å². The summed E-state index contributed by atoms with van der Waals surface area (Å²) < 4.78 is 0. The molecule has 1 heterocycles. The molecule has 2 aromatic rings. The molecule has 1 aromatic carbocycles. The summed E-state index contributed by atoms with van der Waals surface area (Å²) in [5.74, 6) is 0.304. The Morgan fingerprint density at radius 2 is 1.86 bits per heavy atom. The molecule has 1 aromatic heterocycles. The molecule has 0 unspecified atom stereocenters. The number of para-hydroxylation sites is 1. The Morgan fingerprint density at radius 1 is 1.14 bits per heavy atom. The third-order valence-corrected chi connectivity index (χ3v) is 1.85. The number of anilines is 3.